The Morgan fingerprint density at radius 1 is 1.25 bits per heavy atom. The molecule has 2 rings (SSSR count). The zero-order valence-electron chi connectivity index (χ0n) is 13.5. The van der Waals surface area contributed by atoms with E-state index in [2.05, 4.69) is 29.7 Å². The van der Waals surface area contributed by atoms with E-state index in [-0.39, 0.29) is 6.04 Å². The van der Waals surface area contributed by atoms with E-state index in [9.17, 15) is 4.79 Å². The lowest BCUT2D eigenvalue weighted by molar-refractivity contribution is 0.0601. The number of carbonyl (C=O) groups excluding carboxylic acids is 1. The lowest BCUT2D eigenvalue weighted by Crippen LogP contribution is -2.32. The van der Waals surface area contributed by atoms with Gasteiger partial charge in [0.1, 0.15) is 0 Å². The molecular weight excluding hydrogens is 344 g/mol. The first-order valence-corrected chi connectivity index (χ1v) is 8.34. The summed E-state index contributed by atoms with van der Waals surface area (Å²) in [6.07, 6.45) is 0.877. The van der Waals surface area contributed by atoms with Gasteiger partial charge in [-0.2, -0.15) is 0 Å². The second-order valence-electron chi connectivity index (χ2n) is 5.16. The molecule has 4 nitrogen and oxygen atoms in total. The highest BCUT2D eigenvalue weighted by Gasteiger charge is 2.13. The fraction of sp³-hybridized carbons (Fsp3) is 0.222. The quantitative estimate of drug-likeness (QED) is 0.603. The van der Waals surface area contributed by atoms with Gasteiger partial charge in [0.05, 0.1) is 29.4 Å². The van der Waals surface area contributed by atoms with Crippen molar-refractivity contribution in [1.29, 1.82) is 0 Å². The maximum absolute atomic E-state index is 11.6. The van der Waals surface area contributed by atoms with Gasteiger partial charge < -0.3 is 15.4 Å². The monoisotopic (exact) mass is 362 g/mol. The third-order valence-electron chi connectivity index (χ3n) is 3.55. The molecule has 0 bridgehead atoms. The number of methoxy groups -OCH3 is 1. The van der Waals surface area contributed by atoms with Gasteiger partial charge in [0.15, 0.2) is 5.11 Å². The molecule has 6 heteroatoms. The van der Waals surface area contributed by atoms with Crippen molar-refractivity contribution < 1.29 is 9.53 Å². The fourth-order valence-corrected chi connectivity index (χ4v) is 2.71. The number of hydrogen-bond donors (Lipinski definition) is 2. The second-order valence-corrected chi connectivity index (χ2v) is 5.97. The predicted molar refractivity (Wildman–Crippen MR) is 102 cm³/mol. The largest absolute Gasteiger partial charge is 0.465 e. The summed E-state index contributed by atoms with van der Waals surface area (Å²) in [5, 5.41) is 7.22. The van der Waals surface area contributed by atoms with Crippen molar-refractivity contribution in [2.75, 3.05) is 12.4 Å². The summed E-state index contributed by atoms with van der Waals surface area (Å²) in [7, 11) is 1.34. The molecule has 2 aromatic rings. The summed E-state index contributed by atoms with van der Waals surface area (Å²) in [6.45, 7) is 2.08. The molecular formula is C18H19ClN2O2S. The molecule has 0 aromatic heterocycles. The van der Waals surface area contributed by atoms with E-state index >= 15 is 0 Å². The molecule has 0 radical (unpaired) electrons. The molecule has 0 amide bonds. The predicted octanol–water partition coefficient (Wildman–Crippen LogP) is 4.56. The van der Waals surface area contributed by atoms with Crippen LogP contribution in [0.15, 0.2) is 48.5 Å². The van der Waals surface area contributed by atoms with Gasteiger partial charge in [-0.3, -0.25) is 0 Å². The van der Waals surface area contributed by atoms with Crippen LogP contribution in [0.4, 0.5) is 5.69 Å². The molecule has 126 valence electrons. The molecule has 1 atom stereocenters. The van der Waals surface area contributed by atoms with Gasteiger partial charge >= 0.3 is 5.97 Å². The van der Waals surface area contributed by atoms with Gasteiger partial charge in [0, 0.05) is 0 Å². The smallest absolute Gasteiger partial charge is 0.337 e. The van der Waals surface area contributed by atoms with Crippen LogP contribution in [0.25, 0.3) is 0 Å². The molecule has 0 saturated carbocycles. The molecule has 0 aliphatic rings. The first-order valence-electron chi connectivity index (χ1n) is 7.55. The highest BCUT2D eigenvalue weighted by molar-refractivity contribution is 7.80. The molecule has 24 heavy (non-hydrogen) atoms. The van der Waals surface area contributed by atoms with Crippen molar-refractivity contribution in [3.05, 3.63) is 64.7 Å². The highest BCUT2D eigenvalue weighted by atomic mass is 35.5. The number of nitrogens with one attached hydrogen (secondary N) is 2. The first-order chi connectivity index (χ1) is 11.5. The Morgan fingerprint density at radius 3 is 2.58 bits per heavy atom. The van der Waals surface area contributed by atoms with Crippen molar-refractivity contribution in [2.45, 2.75) is 19.4 Å². The summed E-state index contributed by atoms with van der Waals surface area (Å²) in [5.74, 6) is -0.427. The van der Waals surface area contributed by atoms with Crippen LogP contribution in [0.1, 0.15) is 35.3 Å². The number of halogens is 1. The second kappa shape index (κ2) is 8.66. The lowest BCUT2D eigenvalue weighted by atomic mass is 10.1. The summed E-state index contributed by atoms with van der Waals surface area (Å²) in [5.41, 5.74) is 2.11. The molecule has 0 aliphatic carbocycles. The van der Waals surface area contributed by atoms with Crippen LogP contribution in [0.5, 0.6) is 0 Å². The molecule has 0 saturated heterocycles. The minimum Gasteiger partial charge on any atom is -0.465 e. The number of thiocarbonyl (C=S) groups is 1. The zero-order chi connectivity index (χ0) is 17.5. The van der Waals surface area contributed by atoms with E-state index in [1.165, 1.54) is 7.11 Å². The number of esters is 1. The molecule has 0 aliphatic heterocycles. The minimum atomic E-state index is -0.427. The van der Waals surface area contributed by atoms with Gasteiger partial charge in [-0.15, -0.1) is 0 Å². The number of carbonyl (C=O) groups is 1. The summed E-state index contributed by atoms with van der Waals surface area (Å²) in [6, 6.07) is 15.0. The molecule has 0 unspecified atom stereocenters. The number of anilines is 1. The average molecular weight is 363 g/mol. The van der Waals surface area contributed by atoms with Crippen LogP contribution in [0.2, 0.25) is 5.02 Å². The van der Waals surface area contributed by atoms with Crippen LogP contribution in [0, 0.1) is 0 Å². The molecule has 2 aromatic carbocycles. The molecule has 0 fully saturated rings. The maximum Gasteiger partial charge on any atom is 0.337 e. The van der Waals surface area contributed by atoms with Crippen molar-refractivity contribution in [3.8, 4) is 0 Å². The third-order valence-corrected chi connectivity index (χ3v) is 4.10. The summed E-state index contributed by atoms with van der Waals surface area (Å²) in [4.78, 5) is 11.6. The van der Waals surface area contributed by atoms with Gasteiger partial charge in [0.2, 0.25) is 0 Å². The molecule has 0 spiro atoms. The fourth-order valence-electron chi connectivity index (χ4n) is 2.29. The number of rotatable bonds is 5. The lowest BCUT2D eigenvalue weighted by Gasteiger charge is -2.20. The Kier molecular flexibility index (Phi) is 6.58. The Labute approximate surface area is 152 Å². The van der Waals surface area contributed by atoms with Crippen molar-refractivity contribution in [3.63, 3.8) is 0 Å². The zero-order valence-corrected chi connectivity index (χ0v) is 15.1. The van der Waals surface area contributed by atoms with Crippen molar-refractivity contribution in [1.82, 2.24) is 5.32 Å². The number of hydrogen-bond acceptors (Lipinski definition) is 3. The molecule has 0 heterocycles. The van der Waals surface area contributed by atoms with Crippen molar-refractivity contribution in [2.24, 2.45) is 0 Å². The van der Waals surface area contributed by atoms with Crippen LogP contribution < -0.4 is 10.6 Å². The van der Waals surface area contributed by atoms with Gasteiger partial charge in [0.25, 0.3) is 0 Å². The van der Waals surface area contributed by atoms with E-state index < -0.39 is 5.97 Å². The summed E-state index contributed by atoms with van der Waals surface area (Å²) >= 11 is 11.6. The van der Waals surface area contributed by atoms with Crippen LogP contribution in [0.3, 0.4) is 0 Å². The number of benzene rings is 2. The Balaban J connectivity index is 2.10. The Hall–Kier alpha value is -2.11. The van der Waals surface area contributed by atoms with E-state index in [1.807, 2.05) is 18.2 Å². The minimum absolute atomic E-state index is 0.0914. The van der Waals surface area contributed by atoms with Crippen LogP contribution in [-0.4, -0.2) is 18.2 Å². The molecule has 2 N–H and O–H groups in total. The van der Waals surface area contributed by atoms with Crippen LogP contribution in [-0.2, 0) is 4.74 Å². The van der Waals surface area contributed by atoms with E-state index in [4.69, 9.17) is 28.6 Å². The standard InChI is InChI=1S/C18H19ClN2O2S/c1-3-15(12-7-5-4-6-8-12)20-18(24)21-16-11-13(17(22)23-2)9-10-14(16)19/h4-11,15H,3H2,1-2H3,(H2,20,21,24)/t15-/m1/s1. The van der Waals surface area contributed by atoms with Crippen LogP contribution >= 0.6 is 23.8 Å². The first kappa shape index (κ1) is 18.2. The van der Waals surface area contributed by atoms with E-state index in [1.54, 1.807) is 18.2 Å². The van der Waals surface area contributed by atoms with E-state index in [0.717, 1.165) is 12.0 Å². The van der Waals surface area contributed by atoms with Gasteiger partial charge in [-0.25, -0.2) is 4.79 Å². The highest BCUT2D eigenvalue weighted by Crippen LogP contribution is 2.24. The average Bonchev–Trinajstić information content (AvgIpc) is 2.61. The number of ether oxygens (including phenoxy) is 1. The Morgan fingerprint density at radius 2 is 1.96 bits per heavy atom. The summed E-state index contributed by atoms with van der Waals surface area (Å²) < 4.78 is 4.72. The topological polar surface area (TPSA) is 50.4 Å². The van der Waals surface area contributed by atoms with Gasteiger partial charge in [-0.05, 0) is 42.4 Å². The maximum atomic E-state index is 11.6. The SMILES string of the molecule is CC[C@@H](NC(=S)Nc1cc(C(=O)OC)ccc1Cl)c1ccccc1. The van der Waals surface area contributed by atoms with E-state index in [0.29, 0.717) is 21.4 Å². The van der Waals surface area contributed by atoms with Gasteiger partial charge in [-0.1, -0.05) is 48.9 Å². The van der Waals surface area contributed by atoms with Crippen molar-refractivity contribution >= 4 is 40.6 Å². The normalized spacial score (nSPS) is 11.5. The Bertz CT molecular complexity index is 722. The third kappa shape index (κ3) is 4.69.